The molecule has 0 saturated heterocycles. The van der Waals surface area contributed by atoms with Crippen molar-refractivity contribution in [1.82, 2.24) is 15.6 Å². The van der Waals surface area contributed by atoms with Gasteiger partial charge >= 0.3 is 6.18 Å². The van der Waals surface area contributed by atoms with Crippen molar-refractivity contribution >= 4 is 29.9 Å². The summed E-state index contributed by atoms with van der Waals surface area (Å²) in [4.78, 5) is 8.00. The van der Waals surface area contributed by atoms with E-state index in [0.29, 0.717) is 30.8 Å². The predicted octanol–water partition coefficient (Wildman–Crippen LogP) is 4.05. The van der Waals surface area contributed by atoms with Crippen LogP contribution in [0.3, 0.4) is 0 Å². The highest BCUT2D eigenvalue weighted by Crippen LogP contribution is 2.21. The van der Waals surface area contributed by atoms with Gasteiger partial charge in [0.1, 0.15) is 0 Å². The zero-order valence-corrected chi connectivity index (χ0v) is 19.0. The summed E-state index contributed by atoms with van der Waals surface area (Å²) in [5.41, 5.74) is 0.523. The van der Waals surface area contributed by atoms with Crippen LogP contribution in [-0.4, -0.2) is 50.0 Å². The maximum Gasteiger partial charge on any atom is 0.422 e. The Morgan fingerprint density at radius 1 is 1.24 bits per heavy atom. The number of aromatic nitrogens is 1. The molecule has 0 bridgehead atoms. The van der Waals surface area contributed by atoms with Crippen LogP contribution < -0.4 is 15.4 Å². The summed E-state index contributed by atoms with van der Waals surface area (Å²) in [6.45, 7) is 0.272. The van der Waals surface area contributed by atoms with Crippen LogP contribution in [0, 0.1) is 0 Å². The molecule has 0 amide bonds. The third-order valence-corrected chi connectivity index (χ3v) is 4.41. The van der Waals surface area contributed by atoms with Crippen molar-refractivity contribution in [2.75, 3.05) is 26.8 Å². The van der Waals surface area contributed by atoms with Crippen molar-refractivity contribution in [3.05, 3.63) is 23.9 Å². The van der Waals surface area contributed by atoms with Crippen LogP contribution in [0.25, 0.3) is 0 Å². The van der Waals surface area contributed by atoms with E-state index < -0.39 is 12.8 Å². The number of guanidine groups is 1. The quantitative estimate of drug-likeness (QED) is 0.218. The number of hydrogen-bond acceptors (Lipinski definition) is 4. The Kier molecular flexibility index (Phi) is 12.3. The molecule has 1 aromatic heterocycles. The summed E-state index contributed by atoms with van der Waals surface area (Å²) >= 11 is 0. The Bertz CT molecular complexity index is 611. The lowest BCUT2D eigenvalue weighted by atomic mass is 9.98. The van der Waals surface area contributed by atoms with Crippen molar-refractivity contribution in [1.29, 1.82) is 0 Å². The molecule has 10 heteroatoms. The smallest absolute Gasteiger partial charge is 0.422 e. The minimum Gasteiger partial charge on any atom is -0.468 e. The van der Waals surface area contributed by atoms with Gasteiger partial charge in [-0.3, -0.25) is 4.99 Å². The molecule has 2 rings (SSSR count). The van der Waals surface area contributed by atoms with Crippen LogP contribution in [-0.2, 0) is 11.3 Å². The fourth-order valence-corrected chi connectivity index (χ4v) is 3.00. The minimum atomic E-state index is -4.40. The van der Waals surface area contributed by atoms with E-state index in [4.69, 9.17) is 9.47 Å². The molecule has 0 unspecified atom stereocenters. The van der Waals surface area contributed by atoms with E-state index in [1.54, 1.807) is 19.2 Å². The number of aliphatic imine (C=N–C) groups is 1. The first-order chi connectivity index (χ1) is 13.5. The molecule has 0 radical (unpaired) electrons. The Labute approximate surface area is 187 Å². The number of halogens is 4. The number of hydrogen-bond donors (Lipinski definition) is 2. The lowest BCUT2D eigenvalue weighted by Gasteiger charge is -2.22. The van der Waals surface area contributed by atoms with Gasteiger partial charge in [-0.1, -0.05) is 25.3 Å². The molecule has 29 heavy (non-hydrogen) atoms. The lowest BCUT2D eigenvalue weighted by molar-refractivity contribution is -0.154. The molecule has 166 valence electrons. The highest BCUT2D eigenvalue weighted by atomic mass is 127. The first-order valence-corrected chi connectivity index (χ1v) is 9.67. The van der Waals surface area contributed by atoms with Crippen molar-refractivity contribution in [2.24, 2.45) is 4.99 Å². The van der Waals surface area contributed by atoms with Crippen LogP contribution in [0.4, 0.5) is 13.2 Å². The van der Waals surface area contributed by atoms with Crippen molar-refractivity contribution in [3.63, 3.8) is 0 Å². The molecule has 1 saturated carbocycles. The maximum absolute atomic E-state index is 12.4. The molecule has 0 aliphatic heterocycles. The summed E-state index contributed by atoms with van der Waals surface area (Å²) in [5, 5.41) is 6.23. The average Bonchev–Trinajstić information content (AvgIpc) is 2.69. The Morgan fingerprint density at radius 2 is 2.00 bits per heavy atom. The molecule has 1 aliphatic rings. The molecule has 0 spiro atoms. The molecular weight excluding hydrogens is 500 g/mol. The normalized spacial score (nSPS) is 15.5. The number of pyridine rings is 1. The van der Waals surface area contributed by atoms with Gasteiger partial charge in [-0.05, 0) is 25.3 Å². The van der Waals surface area contributed by atoms with E-state index in [2.05, 4.69) is 20.6 Å². The van der Waals surface area contributed by atoms with E-state index in [1.165, 1.54) is 25.5 Å². The van der Waals surface area contributed by atoms with Gasteiger partial charge in [-0.25, -0.2) is 4.98 Å². The average molecular weight is 530 g/mol. The Balaban J connectivity index is 0.00000420. The van der Waals surface area contributed by atoms with Gasteiger partial charge in [0.25, 0.3) is 0 Å². The van der Waals surface area contributed by atoms with Crippen LogP contribution in [0.5, 0.6) is 5.88 Å². The molecule has 1 aromatic rings. The first-order valence-electron chi connectivity index (χ1n) is 9.67. The molecule has 1 aliphatic carbocycles. The summed E-state index contributed by atoms with van der Waals surface area (Å²) in [5.74, 6) is 0.520. The van der Waals surface area contributed by atoms with Crippen molar-refractivity contribution in [2.45, 2.75) is 57.3 Å². The Hall–Kier alpha value is -1.30. The maximum atomic E-state index is 12.4. The molecular formula is C19H30F3IN4O2. The molecule has 0 atom stereocenters. The second-order valence-electron chi connectivity index (χ2n) is 6.71. The van der Waals surface area contributed by atoms with Crippen LogP contribution in [0.2, 0.25) is 0 Å². The molecule has 2 N–H and O–H groups in total. The van der Waals surface area contributed by atoms with Gasteiger partial charge in [-0.15, -0.1) is 24.0 Å². The van der Waals surface area contributed by atoms with Gasteiger partial charge in [0, 0.05) is 38.5 Å². The minimum absolute atomic E-state index is 0. The second kappa shape index (κ2) is 13.8. The van der Waals surface area contributed by atoms with Gasteiger partial charge in [0.2, 0.25) is 5.88 Å². The summed E-state index contributed by atoms with van der Waals surface area (Å²) < 4.78 is 47.7. The van der Waals surface area contributed by atoms with Gasteiger partial charge in [-0.2, -0.15) is 13.2 Å². The number of nitrogens with zero attached hydrogens (tertiary/aromatic N) is 2. The third-order valence-electron chi connectivity index (χ3n) is 4.41. The first kappa shape index (κ1) is 25.7. The molecule has 1 fully saturated rings. The van der Waals surface area contributed by atoms with Crippen molar-refractivity contribution < 1.29 is 22.6 Å². The summed E-state index contributed by atoms with van der Waals surface area (Å²) in [6, 6.07) is 3.31. The fourth-order valence-electron chi connectivity index (χ4n) is 3.00. The van der Waals surface area contributed by atoms with Crippen molar-refractivity contribution in [3.8, 4) is 5.88 Å². The van der Waals surface area contributed by atoms with E-state index in [0.717, 1.165) is 19.3 Å². The molecule has 1 heterocycles. The number of rotatable bonds is 9. The topological polar surface area (TPSA) is 67.8 Å². The zero-order chi connectivity index (χ0) is 20.2. The van der Waals surface area contributed by atoms with Gasteiger partial charge < -0.3 is 20.1 Å². The van der Waals surface area contributed by atoms with Gasteiger partial charge in [0.15, 0.2) is 12.6 Å². The van der Waals surface area contributed by atoms with Gasteiger partial charge in [0.05, 0.1) is 6.10 Å². The second-order valence-corrected chi connectivity index (χ2v) is 6.71. The third kappa shape index (κ3) is 10.9. The highest BCUT2D eigenvalue weighted by molar-refractivity contribution is 14.0. The number of alkyl halides is 3. The Morgan fingerprint density at radius 3 is 2.69 bits per heavy atom. The fraction of sp³-hybridized carbons (Fsp3) is 0.684. The SMILES string of the molecule is CN=C(NCCCOC1CCCCC1)NCc1cccnc1OCC(F)(F)F.I. The van der Waals surface area contributed by atoms with E-state index in [9.17, 15) is 13.2 Å². The summed E-state index contributed by atoms with van der Waals surface area (Å²) in [6.07, 6.45) is 4.36. The monoisotopic (exact) mass is 530 g/mol. The van der Waals surface area contributed by atoms with E-state index in [-0.39, 0.29) is 36.4 Å². The van der Waals surface area contributed by atoms with Crippen LogP contribution in [0.15, 0.2) is 23.3 Å². The van der Waals surface area contributed by atoms with E-state index in [1.807, 2.05) is 0 Å². The lowest BCUT2D eigenvalue weighted by Crippen LogP contribution is -2.37. The molecule has 6 nitrogen and oxygen atoms in total. The summed E-state index contributed by atoms with van der Waals surface area (Å²) in [7, 11) is 1.64. The highest BCUT2D eigenvalue weighted by Gasteiger charge is 2.29. The van der Waals surface area contributed by atoms with E-state index >= 15 is 0 Å². The zero-order valence-electron chi connectivity index (χ0n) is 16.6. The van der Waals surface area contributed by atoms with Crippen LogP contribution in [0.1, 0.15) is 44.1 Å². The van der Waals surface area contributed by atoms with Crippen LogP contribution >= 0.6 is 24.0 Å². The number of ether oxygens (including phenoxy) is 2. The largest absolute Gasteiger partial charge is 0.468 e. The number of nitrogens with one attached hydrogen (secondary N) is 2. The standard InChI is InChI=1S/C19H29F3N4O2.HI/c1-23-18(25-11-6-12-27-16-8-3-2-4-9-16)26-13-15-7-5-10-24-17(15)28-14-19(20,21)22;/h5,7,10,16H,2-4,6,8-9,11-14H2,1H3,(H2,23,25,26);1H. The predicted molar refractivity (Wildman–Crippen MR) is 117 cm³/mol. The molecule has 0 aromatic carbocycles.